The van der Waals surface area contributed by atoms with E-state index in [-0.39, 0.29) is 48.8 Å². The van der Waals surface area contributed by atoms with E-state index in [1.165, 1.54) is 0 Å². The molecule has 1 atom stereocenters. The van der Waals surface area contributed by atoms with Crippen molar-refractivity contribution in [2.24, 2.45) is 16.1 Å². The lowest BCUT2D eigenvalue weighted by Gasteiger charge is -2.31. The molecule has 2 aliphatic heterocycles. The van der Waals surface area contributed by atoms with Gasteiger partial charge in [0.05, 0.1) is 180 Å². The van der Waals surface area contributed by atoms with Gasteiger partial charge in [0.25, 0.3) is 11.5 Å². The maximum absolute atomic E-state index is 13.7. The number of ether oxygens (including phenoxy) is 14. The quantitative estimate of drug-likeness (QED) is 0.00978. The van der Waals surface area contributed by atoms with Crippen molar-refractivity contribution in [2.75, 3.05) is 165 Å². The van der Waals surface area contributed by atoms with Crippen molar-refractivity contribution >= 4 is 28.5 Å². The minimum atomic E-state index is -1.91. The number of nitrogens with zero attached hydrogens (tertiary/aromatic N) is 6. The van der Waals surface area contributed by atoms with Crippen molar-refractivity contribution in [3.05, 3.63) is 97.1 Å². The Kier molecular flexibility index (Phi) is 29.6. The van der Waals surface area contributed by atoms with E-state index < -0.39 is 17.5 Å². The number of hydrogen-bond acceptors (Lipinski definition) is 21. The zero-order chi connectivity index (χ0) is 58.9. The number of carbonyl (C=O) groups excluding carboxylic acids is 2. The average Bonchev–Trinajstić information content (AvgIpc) is 3.41. The number of rotatable bonds is 45. The molecule has 456 valence electrons. The lowest BCUT2D eigenvalue weighted by molar-refractivity contribution is -0.172. The van der Waals surface area contributed by atoms with Crippen LogP contribution < -0.4 is 20.5 Å². The summed E-state index contributed by atoms with van der Waals surface area (Å²) in [7, 11) is 0. The molecular formula is C58H81N7O18. The summed E-state index contributed by atoms with van der Waals surface area (Å²) in [6.07, 6.45) is 0.694. The number of benzene rings is 2. The number of hydrazone groups is 1. The molecule has 0 aliphatic carbocycles. The highest BCUT2D eigenvalue weighted by Gasteiger charge is 2.45. The summed E-state index contributed by atoms with van der Waals surface area (Å²) in [6.45, 7) is 18.1. The lowest BCUT2D eigenvalue weighted by atomic mass is 9.86. The van der Waals surface area contributed by atoms with Gasteiger partial charge >= 0.3 is 5.97 Å². The van der Waals surface area contributed by atoms with Crippen LogP contribution in [0.4, 0.5) is 0 Å². The molecule has 0 saturated heterocycles. The minimum absolute atomic E-state index is 0.00601. The standard InChI is InChI=1S/C58H81N7O18/c1-5-46-47-37-45(11-12-51(47)61-55-48(46)39-65-52(55)38-50-49(56(65)67)40-83-57(68)58(50,69)6-2)82-41-53(66)62-63-54(42(3)4)43-7-9-44(10-8-43)81-36-35-80-34-33-79-32-31-78-30-29-77-28-27-76-26-25-75-24-23-74-22-21-73-20-19-72-18-17-71-16-15-70-14-13-60-64-59/h7-12,37-38,42,69H,5-6,13-36,39-41H2,1-4H3,(H,62,66)/b63-54+/t58-/m0/s1. The maximum atomic E-state index is 13.7. The minimum Gasteiger partial charge on any atom is -0.491 e. The molecular weight excluding hydrogens is 1080 g/mol. The monoisotopic (exact) mass is 1160 g/mol. The molecule has 0 saturated carbocycles. The van der Waals surface area contributed by atoms with Gasteiger partial charge in [-0.2, -0.15) is 5.10 Å². The predicted molar refractivity (Wildman–Crippen MR) is 304 cm³/mol. The fourth-order valence-corrected chi connectivity index (χ4v) is 8.86. The first-order valence-electron chi connectivity index (χ1n) is 28.3. The van der Waals surface area contributed by atoms with Gasteiger partial charge < -0.3 is 76.0 Å². The third-order valence-corrected chi connectivity index (χ3v) is 13.1. The number of carbonyl (C=O) groups is 2. The highest BCUT2D eigenvalue weighted by molar-refractivity contribution is 6.02. The number of fused-ring (bicyclic) bond motifs is 5. The van der Waals surface area contributed by atoms with Gasteiger partial charge in [0.1, 0.15) is 24.7 Å². The van der Waals surface area contributed by atoms with E-state index in [1.54, 1.807) is 23.6 Å². The van der Waals surface area contributed by atoms with Crippen molar-refractivity contribution in [1.82, 2.24) is 15.0 Å². The van der Waals surface area contributed by atoms with Crippen molar-refractivity contribution < 1.29 is 81.0 Å². The molecule has 1 amide bonds. The largest absolute Gasteiger partial charge is 0.491 e. The second-order valence-electron chi connectivity index (χ2n) is 19.1. The average molecular weight is 1160 g/mol. The Balaban J connectivity index is 0.733. The Morgan fingerprint density at radius 1 is 0.687 bits per heavy atom. The van der Waals surface area contributed by atoms with E-state index in [0.29, 0.717) is 199 Å². The molecule has 2 aliphatic rings. The fourth-order valence-electron chi connectivity index (χ4n) is 8.86. The summed E-state index contributed by atoms with van der Waals surface area (Å²) in [4.78, 5) is 47.0. The molecule has 0 unspecified atom stereocenters. The first-order chi connectivity index (χ1) is 40.6. The van der Waals surface area contributed by atoms with Crippen LogP contribution in [-0.2, 0) is 91.6 Å². The first-order valence-corrected chi connectivity index (χ1v) is 28.3. The molecule has 25 nitrogen and oxygen atoms in total. The zero-order valence-electron chi connectivity index (χ0n) is 48.3. The third kappa shape index (κ3) is 21.1. The molecule has 2 aromatic carbocycles. The van der Waals surface area contributed by atoms with E-state index in [4.69, 9.17) is 76.8 Å². The predicted octanol–water partition coefficient (Wildman–Crippen LogP) is 5.07. The number of aryl methyl sites for hydroxylation is 1. The highest BCUT2D eigenvalue weighted by atomic mass is 16.6. The fraction of sp³-hybridized carbons (Fsp3) is 0.603. The van der Waals surface area contributed by atoms with Gasteiger partial charge in [-0.1, -0.05) is 32.8 Å². The normalized spacial score (nSPS) is 14.6. The summed E-state index contributed by atoms with van der Waals surface area (Å²) >= 11 is 0. The number of amides is 1. The SMILES string of the molecule is CCc1c2c(nc3ccc(OCC(=O)N/N=C(/c4ccc(OCCOCCOCCOCCOCCOCCOCCOCCOCCOCCOCCOCCN=[N+]=[N-])cc4)C(C)C)cc13)-c1cc3c(c(=O)n1C2)COC(=O)[C@]3(O)CC. The van der Waals surface area contributed by atoms with E-state index in [1.807, 2.05) is 57.2 Å². The van der Waals surface area contributed by atoms with Crippen LogP contribution in [0.5, 0.6) is 11.5 Å². The van der Waals surface area contributed by atoms with Crippen molar-refractivity contribution in [3.63, 3.8) is 0 Å². The molecule has 0 radical (unpaired) electrons. The summed E-state index contributed by atoms with van der Waals surface area (Å²) in [6, 6.07) is 14.6. The maximum Gasteiger partial charge on any atom is 0.343 e. The molecule has 2 aromatic heterocycles. The van der Waals surface area contributed by atoms with E-state index >= 15 is 0 Å². The Morgan fingerprint density at radius 2 is 1.18 bits per heavy atom. The number of azide groups is 1. The second-order valence-corrected chi connectivity index (χ2v) is 19.1. The molecule has 6 rings (SSSR count). The number of hydrogen-bond donors (Lipinski definition) is 2. The molecule has 0 fully saturated rings. The lowest BCUT2D eigenvalue weighted by Crippen LogP contribution is -2.44. The molecule has 0 spiro atoms. The van der Waals surface area contributed by atoms with Crippen molar-refractivity contribution in [1.29, 1.82) is 0 Å². The topological polar surface area (TPSA) is 292 Å². The summed E-state index contributed by atoms with van der Waals surface area (Å²) in [5.41, 5.74) is 14.3. The molecule has 4 heterocycles. The molecule has 2 N–H and O–H groups in total. The number of aliphatic hydroxyl groups is 1. The van der Waals surface area contributed by atoms with Crippen molar-refractivity contribution in [2.45, 2.75) is 59.3 Å². The smallest absolute Gasteiger partial charge is 0.343 e. The molecule has 25 heteroatoms. The van der Waals surface area contributed by atoms with E-state index in [2.05, 4.69) is 20.6 Å². The Bertz CT molecular complexity index is 2760. The molecule has 0 bridgehead atoms. The highest BCUT2D eigenvalue weighted by Crippen LogP contribution is 2.41. The van der Waals surface area contributed by atoms with Crippen LogP contribution in [0.3, 0.4) is 0 Å². The van der Waals surface area contributed by atoms with Gasteiger partial charge in [-0.3, -0.25) is 9.59 Å². The van der Waals surface area contributed by atoms with Crippen LogP contribution in [0.15, 0.2) is 63.5 Å². The number of cyclic esters (lactones) is 1. The first kappa shape index (κ1) is 66.0. The van der Waals surface area contributed by atoms with Gasteiger partial charge in [0.2, 0.25) is 0 Å². The van der Waals surface area contributed by atoms with Gasteiger partial charge in [-0.15, -0.1) is 0 Å². The molecule has 4 aromatic rings. The Morgan fingerprint density at radius 3 is 1.66 bits per heavy atom. The molecule has 83 heavy (non-hydrogen) atoms. The van der Waals surface area contributed by atoms with Gasteiger partial charge in [0.15, 0.2) is 12.2 Å². The Hall–Kier alpha value is -6.16. The van der Waals surface area contributed by atoms with Gasteiger partial charge in [-0.05, 0) is 83.9 Å². The number of pyridine rings is 2. The van der Waals surface area contributed by atoms with Gasteiger partial charge in [-0.25, -0.2) is 15.2 Å². The number of esters is 1. The van der Waals surface area contributed by atoms with Crippen LogP contribution in [0.25, 0.3) is 32.7 Å². The van der Waals surface area contributed by atoms with Crippen LogP contribution in [0, 0.1) is 5.92 Å². The Labute approximate surface area is 483 Å². The summed E-state index contributed by atoms with van der Waals surface area (Å²) in [5.74, 6) is -0.0700. The number of nitrogens with one attached hydrogen (secondary N) is 1. The summed E-state index contributed by atoms with van der Waals surface area (Å²) in [5, 5.41) is 19.9. The van der Waals surface area contributed by atoms with Crippen LogP contribution >= 0.6 is 0 Å². The number of aromatic nitrogens is 2. The second kappa shape index (κ2) is 37.2. The van der Waals surface area contributed by atoms with Crippen LogP contribution in [0.2, 0.25) is 0 Å². The van der Waals surface area contributed by atoms with Crippen LogP contribution in [-0.4, -0.2) is 197 Å². The van der Waals surface area contributed by atoms with E-state index in [0.717, 1.165) is 22.1 Å². The van der Waals surface area contributed by atoms with Gasteiger partial charge in [0, 0.05) is 28.0 Å². The zero-order valence-corrected chi connectivity index (χ0v) is 48.3. The van der Waals surface area contributed by atoms with Crippen molar-refractivity contribution in [3.8, 4) is 22.9 Å². The van der Waals surface area contributed by atoms with E-state index in [9.17, 15) is 19.5 Å². The van der Waals surface area contributed by atoms with Crippen LogP contribution in [0.1, 0.15) is 61.9 Å². The third-order valence-electron chi connectivity index (χ3n) is 13.1. The summed E-state index contributed by atoms with van der Waals surface area (Å²) < 4.78 is 79.1.